The third-order valence-corrected chi connectivity index (χ3v) is 3.91. The minimum atomic E-state index is -0.675. The van der Waals surface area contributed by atoms with E-state index in [2.05, 4.69) is 15.9 Å². The van der Waals surface area contributed by atoms with Crippen molar-refractivity contribution in [3.8, 4) is 6.07 Å². The average Bonchev–Trinajstić information content (AvgIpc) is 2.02. The van der Waals surface area contributed by atoms with Crippen LogP contribution in [0.2, 0.25) is 5.02 Å². The van der Waals surface area contributed by atoms with E-state index < -0.39 is 5.82 Å². The quantitative estimate of drug-likeness (QED) is 0.511. The lowest BCUT2D eigenvalue weighted by Gasteiger charge is -2.01. The molecule has 0 fully saturated rings. The molecule has 0 aliphatic carbocycles. The summed E-state index contributed by atoms with van der Waals surface area (Å²) in [6, 6.07) is 3.19. The molecular formula is C7HBrClFIN. The van der Waals surface area contributed by atoms with E-state index in [4.69, 9.17) is 16.9 Å². The van der Waals surface area contributed by atoms with Gasteiger partial charge in [0, 0.05) is 3.57 Å². The van der Waals surface area contributed by atoms with Gasteiger partial charge in [-0.15, -0.1) is 0 Å². The molecule has 0 aliphatic heterocycles. The van der Waals surface area contributed by atoms with Crippen LogP contribution >= 0.6 is 50.1 Å². The normalized spacial score (nSPS) is 9.58. The van der Waals surface area contributed by atoms with E-state index in [1.54, 1.807) is 6.07 Å². The maximum atomic E-state index is 13.1. The van der Waals surface area contributed by atoms with Gasteiger partial charge in [0.2, 0.25) is 0 Å². The number of halogens is 4. The Balaban J connectivity index is 3.56. The largest absolute Gasteiger partial charge is 0.204 e. The summed E-state index contributed by atoms with van der Waals surface area (Å²) in [5.41, 5.74) is -0.0492. The molecule has 1 aromatic carbocycles. The van der Waals surface area contributed by atoms with Gasteiger partial charge in [-0.25, -0.2) is 4.39 Å². The molecule has 0 amide bonds. The van der Waals surface area contributed by atoms with Crippen LogP contribution in [0.4, 0.5) is 4.39 Å². The van der Waals surface area contributed by atoms with Gasteiger partial charge in [-0.05, 0) is 44.6 Å². The smallest absolute Gasteiger partial charge is 0.160 e. The fourth-order valence-corrected chi connectivity index (χ4v) is 2.02. The van der Waals surface area contributed by atoms with E-state index in [1.165, 1.54) is 6.07 Å². The molecule has 0 atom stereocenters. The Morgan fingerprint density at radius 3 is 2.75 bits per heavy atom. The minimum Gasteiger partial charge on any atom is -0.204 e. The van der Waals surface area contributed by atoms with Crippen molar-refractivity contribution in [3.05, 3.63) is 30.5 Å². The number of hydrogen-bond acceptors (Lipinski definition) is 1. The molecule has 0 radical (unpaired) electrons. The molecule has 0 unspecified atom stereocenters. The van der Waals surface area contributed by atoms with Crippen molar-refractivity contribution in [2.75, 3.05) is 0 Å². The number of nitrogens with zero attached hydrogens (tertiary/aromatic N) is 1. The Kier molecular flexibility index (Phi) is 3.32. The zero-order valence-corrected chi connectivity index (χ0v) is 10.0. The number of benzene rings is 1. The van der Waals surface area contributed by atoms with Gasteiger partial charge in [-0.2, -0.15) is 5.26 Å². The Hall–Kier alpha value is 0.140. The standard InChI is InChI=1S/C7HBrClFIN/c8-6-3(2-12)7(10)4(9)1-5(6)11/h1H. The third kappa shape index (κ3) is 1.73. The highest BCUT2D eigenvalue weighted by Gasteiger charge is 2.13. The molecule has 0 saturated carbocycles. The highest BCUT2D eigenvalue weighted by atomic mass is 127. The molecule has 0 saturated heterocycles. The predicted octanol–water partition coefficient (Wildman–Crippen LogP) is 3.72. The van der Waals surface area contributed by atoms with Gasteiger partial charge in [0.25, 0.3) is 0 Å². The number of nitriles is 1. The fourth-order valence-electron chi connectivity index (χ4n) is 0.671. The van der Waals surface area contributed by atoms with Gasteiger partial charge in [-0.1, -0.05) is 11.6 Å². The highest BCUT2D eigenvalue weighted by Crippen LogP contribution is 2.30. The molecule has 5 heteroatoms. The maximum absolute atomic E-state index is 13.1. The fraction of sp³-hybridized carbons (Fsp3) is 0. The second kappa shape index (κ2) is 3.90. The molecule has 0 spiro atoms. The minimum absolute atomic E-state index is 0.0286. The van der Waals surface area contributed by atoms with E-state index in [0.717, 1.165) is 3.57 Å². The SMILES string of the molecule is N#Cc1c(F)c(Cl)cc(I)c1Br. The van der Waals surface area contributed by atoms with Crippen molar-refractivity contribution in [2.45, 2.75) is 0 Å². The number of hydrogen-bond donors (Lipinski definition) is 0. The van der Waals surface area contributed by atoms with E-state index in [1.807, 2.05) is 22.6 Å². The Labute approximate surface area is 95.8 Å². The van der Waals surface area contributed by atoms with Crippen LogP contribution in [-0.4, -0.2) is 0 Å². The average molecular weight is 360 g/mol. The molecule has 62 valence electrons. The van der Waals surface area contributed by atoms with Gasteiger partial charge in [0.15, 0.2) is 5.82 Å². The van der Waals surface area contributed by atoms with Crippen molar-refractivity contribution in [3.63, 3.8) is 0 Å². The summed E-state index contributed by atoms with van der Waals surface area (Å²) in [4.78, 5) is 0. The van der Waals surface area contributed by atoms with Crippen LogP contribution in [0.15, 0.2) is 10.5 Å². The van der Waals surface area contributed by atoms with Crippen LogP contribution in [0.1, 0.15) is 5.56 Å². The first-order valence-electron chi connectivity index (χ1n) is 2.81. The summed E-state index contributed by atoms with van der Waals surface area (Å²) >= 11 is 10.6. The lowest BCUT2D eigenvalue weighted by molar-refractivity contribution is 0.623. The molecule has 1 nitrogen and oxygen atoms in total. The van der Waals surface area contributed by atoms with Crippen molar-refractivity contribution >= 4 is 50.1 Å². The Bertz CT molecular complexity index is 348. The van der Waals surface area contributed by atoms with E-state index in [0.29, 0.717) is 4.47 Å². The summed E-state index contributed by atoms with van der Waals surface area (Å²) in [5, 5.41) is 8.54. The highest BCUT2D eigenvalue weighted by molar-refractivity contribution is 14.1. The molecule has 1 rings (SSSR count). The lowest BCUT2D eigenvalue weighted by atomic mass is 10.2. The van der Waals surface area contributed by atoms with Crippen LogP contribution in [-0.2, 0) is 0 Å². The first kappa shape index (κ1) is 10.2. The molecule has 0 aliphatic rings. The molecule has 12 heavy (non-hydrogen) atoms. The van der Waals surface area contributed by atoms with Crippen LogP contribution in [0.3, 0.4) is 0 Å². The number of rotatable bonds is 0. The van der Waals surface area contributed by atoms with E-state index in [-0.39, 0.29) is 10.6 Å². The zero-order chi connectivity index (χ0) is 9.30. The van der Waals surface area contributed by atoms with Crippen LogP contribution < -0.4 is 0 Å². The van der Waals surface area contributed by atoms with Gasteiger partial charge in [0.05, 0.1) is 9.50 Å². The topological polar surface area (TPSA) is 23.8 Å². The van der Waals surface area contributed by atoms with E-state index in [9.17, 15) is 4.39 Å². The van der Waals surface area contributed by atoms with Gasteiger partial charge in [0.1, 0.15) is 11.6 Å². The molecule has 0 bridgehead atoms. The summed E-state index contributed by atoms with van der Waals surface area (Å²) in [6.07, 6.45) is 0. The molecule has 0 N–H and O–H groups in total. The van der Waals surface area contributed by atoms with E-state index >= 15 is 0 Å². The van der Waals surface area contributed by atoms with Crippen molar-refractivity contribution < 1.29 is 4.39 Å². The van der Waals surface area contributed by atoms with Gasteiger partial charge >= 0.3 is 0 Å². The maximum Gasteiger partial charge on any atom is 0.160 e. The zero-order valence-electron chi connectivity index (χ0n) is 5.54. The van der Waals surface area contributed by atoms with Crippen molar-refractivity contribution in [1.29, 1.82) is 5.26 Å². The summed E-state index contributed by atoms with van der Waals surface area (Å²) < 4.78 is 14.2. The summed E-state index contributed by atoms with van der Waals surface area (Å²) in [7, 11) is 0. The molecular weight excluding hydrogens is 359 g/mol. The van der Waals surface area contributed by atoms with Crippen LogP contribution in [0, 0.1) is 20.7 Å². The molecule has 1 aromatic rings. The van der Waals surface area contributed by atoms with Crippen LogP contribution in [0.25, 0.3) is 0 Å². The van der Waals surface area contributed by atoms with Gasteiger partial charge in [-0.3, -0.25) is 0 Å². The first-order chi connectivity index (χ1) is 5.57. The third-order valence-electron chi connectivity index (χ3n) is 1.22. The monoisotopic (exact) mass is 359 g/mol. The summed E-state index contributed by atoms with van der Waals surface area (Å²) in [6.45, 7) is 0. The van der Waals surface area contributed by atoms with Crippen LogP contribution in [0.5, 0.6) is 0 Å². The Morgan fingerprint density at radius 1 is 1.67 bits per heavy atom. The molecule has 0 heterocycles. The lowest BCUT2D eigenvalue weighted by Crippen LogP contribution is -1.90. The second-order valence-electron chi connectivity index (χ2n) is 1.95. The predicted molar refractivity (Wildman–Crippen MR) is 56.5 cm³/mol. The van der Waals surface area contributed by atoms with Gasteiger partial charge < -0.3 is 0 Å². The van der Waals surface area contributed by atoms with Crippen molar-refractivity contribution in [2.24, 2.45) is 0 Å². The Morgan fingerprint density at radius 2 is 2.25 bits per heavy atom. The summed E-state index contributed by atoms with van der Waals surface area (Å²) in [5.74, 6) is -0.675. The second-order valence-corrected chi connectivity index (χ2v) is 4.32. The first-order valence-corrected chi connectivity index (χ1v) is 5.06. The van der Waals surface area contributed by atoms with Crippen molar-refractivity contribution in [1.82, 2.24) is 0 Å². The molecule has 0 aromatic heterocycles.